The van der Waals surface area contributed by atoms with Gasteiger partial charge in [-0.1, -0.05) is 20.3 Å². The summed E-state index contributed by atoms with van der Waals surface area (Å²) >= 11 is 0. The number of nitrogens with two attached hydrogens (primary N) is 1. The molecular weight excluding hydrogens is 142 g/mol. The first kappa shape index (κ1) is 10.4. The van der Waals surface area contributed by atoms with Crippen LogP contribution in [0.5, 0.6) is 0 Å². The van der Waals surface area contributed by atoms with Crippen molar-refractivity contribution < 1.29 is 9.53 Å². The van der Waals surface area contributed by atoms with Crippen molar-refractivity contribution in [1.82, 2.24) is 0 Å². The van der Waals surface area contributed by atoms with Crippen LogP contribution in [0.2, 0.25) is 0 Å². The lowest BCUT2D eigenvalue weighted by atomic mass is 10.0. The van der Waals surface area contributed by atoms with Crippen molar-refractivity contribution in [3.63, 3.8) is 0 Å². The normalized spacial score (nSPS) is 15.6. The van der Waals surface area contributed by atoms with E-state index in [2.05, 4.69) is 0 Å². The second kappa shape index (κ2) is 5.13. The highest BCUT2D eigenvalue weighted by molar-refractivity contribution is 5.75. The van der Waals surface area contributed by atoms with Gasteiger partial charge in [0.1, 0.15) is 6.04 Å². The highest BCUT2D eigenvalue weighted by Gasteiger charge is 2.19. The Morgan fingerprint density at radius 2 is 2.09 bits per heavy atom. The molecule has 0 heterocycles. The Morgan fingerprint density at radius 3 is 2.45 bits per heavy atom. The molecule has 0 unspecified atom stereocenters. The van der Waals surface area contributed by atoms with Crippen molar-refractivity contribution in [1.29, 1.82) is 0 Å². The predicted octanol–water partition coefficient (Wildman–Crippen LogP) is 0.923. The maximum Gasteiger partial charge on any atom is 0.323 e. The third-order valence-corrected chi connectivity index (χ3v) is 1.82. The van der Waals surface area contributed by atoms with E-state index in [1.807, 2.05) is 13.8 Å². The van der Waals surface area contributed by atoms with Crippen LogP contribution in [0.25, 0.3) is 0 Å². The Morgan fingerprint density at radius 1 is 1.55 bits per heavy atom. The Hall–Kier alpha value is -0.570. The molecule has 0 rings (SSSR count). The Labute approximate surface area is 67.9 Å². The summed E-state index contributed by atoms with van der Waals surface area (Å²) in [5.41, 5.74) is 5.58. The third-order valence-electron chi connectivity index (χ3n) is 1.82. The summed E-state index contributed by atoms with van der Waals surface area (Å²) in [6, 6.07) is -0.458. The maximum absolute atomic E-state index is 11.0. The summed E-state index contributed by atoms with van der Waals surface area (Å²) < 4.78 is 4.76. The van der Waals surface area contributed by atoms with Crippen LogP contribution in [0.4, 0.5) is 0 Å². The van der Waals surface area contributed by atoms with Gasteiger partial charge < -0.3 is 10.5 Å². The lowest BCUT2D eigenvalue weighted by molar-refractivity contribution is -0.145. The van der Waals surface area contributed by atoms with E-state index in [1.54, 1.807) is 6.92 Å². The quantitative estimate of drug-likeness (QED) is 0.621. The lowest BCUT2D eigenvalue weighted by Crippen LogP contribution is -2.37. The highest BCUT2D eigenvalue weighted by Crippen LogP contribution is 2.06. The SMILES string of the molecule is CCOC(=O)[C@H](N)[C@H](C)CC. The lowest BCUT2D eigenvalue weighted by Gasteiger charge is -2.15. The molecule has 0 amide bonds. The summed E-state index contributed by atoms with van der Waals surface area (Å²) in [5.74, 6) is -0.0871. The molecule has 0 aliphatic heterocycles. The molecule has 0 bridgehead atoms. The molecule has 0 radical (unpaired) electrons. The van der Waals surface area contributed by atoms with Crippen LogP contribution in [0.15, 0.2) is 0 Å². The molecule has 0 aromatic carbocycles. The van der Waals surface area contributed by atoms with Gasteiger partial charge in [0.25, 0.3) is 0 Å². The number of rotatable bonds is 4. The van der Waals surface area contributed by atoms with Gasteiger partial charge in [0.05, 0.1) is 6.61 Å². The van der Waals surface area contributed by atoms with Crippen molar-refractivity contribution in [2.24, 2.45) is 11.7 Å². The molecule has 66 valence electrons. The zero-order valence-corrected chi connectivity index (χ0v) is 7.46. The van der Waals surface area contributed by atoms with E-state index >= 15 is 0 Å². The van der Waals surface area contributed by atoms with E-state index in [0.29, 0.717) is 6.61 Å². The first-order chi connectivity index (χ1) is 5.13. The fraction of sp³-hybridized carbons (Fsp3) is 0.875. The summed E-state index contributed by atoms with van der Waals surface area (Å²) in [6.45, 7) is 6.13. The maximum atomic E-state index is 11.0. The molecule has 0 aromatic rings. The molecule has 0 saturated carbocycles. The van der Waals surface area contributed by atoms with Crippen LogP contribution >= 0.6 is 0 Å². The van der Waals surface area contributed by atoms with E-state index in [9.17, 15) is 4.79 Å². The van der Waals surface area contributed by atoms with Crippen LogP contribution in [0.3, 0.4) is 0 Å². The molecule has 0 saturated heterocycles. The van der Waals surface area contributed by atoms with Crippen molar-refractivity contribution in [2.45, 2.75) is 33.2 Å². The third kappa shape index (κ3) is 3.37. The van der Waals surface area contributed by atoms with Crippen LogP contribution in [-0.4, -0.2) is 18.6 Å². The number of hydrogen-bond acceptors (Lipinski definition) is 3. The highest BCUT2D eigenvalue weighted by atomic mass is 16.5. The Balaban J connectivity index is 3.80. The molecule has 0 aliphatic rings. The topological polar surface area (TPSA) is 52.3 Å². The van der Waals surface area contributed by atoms with Crippen molar-refractivity contribution >= 4 is 5.97 Å². The standard InChI is InChI=1S/C8H17NO2/c1-4-6(3)7(9)8(10)11-5-2/h6-7H,4-5,9H2,1-3H3/t6-,7-/m1/s1. The minimum Gasteiger partial charge on any atom is -0.465 e. The van der Waals surface area contributed by atoms with Crippen molar-refractivity contribution in [3.8, 4) is 0 Å². The van der Waals surface area contributed by atoms with Gasteiger partial charge in [-0.15, -0.1) is 0 Å². The number of esters is 1. The van der Waals surface area contributed by atoms with Gasteiger partial charge in [0, 0.05) is 0 Å². The average Bonchev–Trinajstić information content (AvgIpc) is 2.02. The summed E-state index contributed by atoms with van der Waals surface area (Å²) in [4.78, 5) is 11.0. The van der Waals surface area contributed by atoms with Crippen molar-refractivity contribution in [3.05, 3.63) is 0 Å². The van der Waals surface area contributed by atoms with E-state index in [4.69, 9.17) is 10.5 Å². The smallest absolute Gasteiger partial charge is 0.323 e. The molecule has 11 heavy (non-hydrogen) atoms. The molecule has 0 aromatic heterocycles. The molecule has 2 atom stereocenters. The zero-order valence-electron chi connectivity index (χ0n) is 7.46. The second-order valence-electron chi connectivity index (χ2n) is 2.66. The number of ether oxygens (including phenoxy) is 1. The number of carbonyl (C=O) groups excluding carboxylic acids is 1. The number of carbonyl (C=O) groups is 1. The Bertz CT molecular complexity index is 125. The molecule has 3 nitrogen and oxygen atoms in total. The largest absolute Gasteiger partial charge is 0.465 e. The molecule has 2 N–H and O–H groups in total. The molecule has 3 heteroatoms. The van der Waals surface area contributed by atoms with E-state index in [1.165, 1.54) is 0 Å². The first-order valence-corrected chi connectivity index (χ1v) is 4.05. The summed E-state index contributed by atoms with van der Waals surface area (Å²) in [6.07, 6.45) is 0.903. The van der Waals surface area contributed by atoms with Gasteiger partial charge in [0.2, 0.25) is 0 Å². The minimum atomic E-state index is -0.458. The summed E-state index contributed by atoms with van der Waals surface area (Å²) in [7, 11) is 0. The van der Waals surface area contributed by atoms with Crippen LogP contribution in [0, 0.1) is 5.92 Å². The monoisotopic (exact) mass is 159 g/mol. The second-order valence-corrected chi connectivity index (χ2v) is 2.66. The average molecular weight is 159 g/mol. The van der Waals surface area contributed by atoms with Gasteiger partial charge in [0.15, 0.2) is 0 Å². The van der Waals surface area contributed by atoms with Crippen molar-refractivity contribution in [2.75, 3.05) is 6.61 Å². The minimum absolute atomic E-state index is 0.203. The van der Waals surface area contributed by atoms with Crippen LogP contribution in [0.1, 0.15) is 27.2 Å². The summed E-state index contributed by atoms with van der Waals surface area (Å²) in [5, 5.41) is 0. The van der Waals surface area contributed by atoms with E-state index in [0.717, 1.165) is 6.42 Å². The van der Waals surface area contributed by atoms with Gasteiger partial charge in [-0.25, -0.2) is 0 Å². The molecular formula is C8H17NO2. The fourth-order valence-corrected chi connectivity index (χ4v) is 0.725. The van der Waals surface area contributed by atoms with Gasteiger partial charge in [-0.3, -0.25) is 4.79 Å². The van der Waals surface area contributed by atoms with Gasteiger partial charge in [-0.2, -0.15) is 0 Å². The fourth-order valence-electron chi connectivity index (χ4n) is 0.725. The number of hydrogen-bond donors (Lipinski definition) is 1. The van der Waals surface area contributed by atoms with E-state index < -0.39 is 6.04 Å². The molecule has 0 aliphatic carbocycles. The zero-order chi connectivity index (χ0) is 8.85. The Kier molecular flexibility index (Phi) is 4.86. The molecule has 0 fully saturated rings. The first-order valence-electron chi connectivity index (χ1n) is 4.05. The van der Waals surface area contributed by atoms with E-state index in [-0.39, 0.29) is 11.9 Å². The predicted molar refractivity (Wildman–Crippen MR) is 44.1 cm³/mol. The van der Waals surface area contributed by atoms with Crippen LogP contribution < -0.4 is 5.73 Å². The molecule has 0 spiro atoms. The van der Waals surface area contributed by atoms with Gasteiger partial charge in [-0.05, 0) is 12.8 Å². The van der Waals surface area contributed by atoms with Crippen LogP contribution in [-0.2, 0) is 9.53 Å². The van der Waals surface area contributed by atoms with Gasteiger partial charge >= 0.3 is 5.97 Å².